The topological polar surface area (TPSA) is 75.4 Å². The lowest BCUT2D eigenvalue weighted by molar-refractivity contribution is -0.116. The third kappa shape index (κ3) is 4.85. The number of amides is 2. The van der Waals surface area contributed by atoms with Crippen molar-refractivity contribution in [2.24, 2.45) is 0 Å². The smallest absolute Gasteiger partial charge is 0.254 e. The van der Waals surface area contributed by atoms with Crippen molar-refractivity contribution in [3.63, 3.8) is 0 Å². The lowest BCUT2D eigenvalue weighted by Gasteiger charge is -2.21. The molecule has 0 bridgehead atoms. The molecule has 1 aromatic heterocycles. The quantitative estimate of drug-likeness (QED) is 0.671. The van der Waals surface area contributed by atoms with Crippen LogP contribution in [-0.2, 0) is 4.79 Å². The second-order valence-corrected chi connectivity index (χ2v) is 6.54. The van der Waals surface area contributed by atoms with Crippen LogP contribution in [0.15, 0.2) is 65.2 Å². The Hall–Kier alpha value is -3.41. The van der Waals surface area contributed by atoms with E-state index in [4.69, 9.17) is 4.52 Å². The number of nitrogens with one attached hydrogen (secondary N) is 1. The average molecular weight is 377 g/mol. The Kier molecular flexibility index (Phi) is 6.22. The lowest BCUT2D eigenvalue weighted by atomic mass is 10.0. The van der Waals surface area contributed by atoms with Crippen LogP contribution in [0.3, 0.4) is 0 Å². The summed E-state index contributed by atoms with van der Waals surface area (Å²) in [6.45, 7) is 4.16. The second-order valence-electron chi connectivity index (χ2n) is 6.54. The van der Waals surface area contributed by atoms with Crippen molar-refractivity contribution < 1.29 is 14.1 Å². The summed E-state index contributed by atoms with van der Waals surface area (Å²) in [5.74, 6) is 0.470. The molecule has 2 amide bonds. The highest BCUT2D eigenvalue weighted by Crippen LogP contribution is 2.20. The van der Waals surface area contributed by atoms with Gasteiger partial charge < -0.3 is 14.7 Å². The van der Waals surface area contributed by atoms with Crippen molar-refractivity contribution in [2.45, 2.75) is 20.3 Å². The van der Waals surface area contributed by atoms with Gasteiger partial charge in [0.1, 0.15) is 12.3 Å². The van der Waals surface area contributed by atoms with Gasteiger partial charge in [-0.1, -0.05) is 54.5 Å². The van der Waals surface area contributed by atoms with Crippen LogP contribution in [-0.4, -0.2) is 35.0 Å². The predicted molar refractivity (Wildman–Crippen MR) is 108 cm³/mol. The van der Waals surface area contributed by atoms with Crippen LogP contribution in [0.4, 0.5) is 5.82 Å². The first-order valence-corrected chi connectivity index (χ1v) is 9.24. The molecule has 3 rings (SSSR count). The summed E-state index contributed by atoms with van der Waals surface area (Å²) in [6, 6.07) is 19.0. The average Bonchev–Trinajstić information content (AvgIpc) is 3.12. The summed E-state index contributed by atoms with van der Waals surface area (Å²) < 4.78 is 4.94. The van der Waals surface area contributed by atoms with E-state index in [0.717, 1.165) is 17.5 Å². The van der Waals surface area contributed by atoms with Crippen molar-refractivity contribution >= 4 is 17.6 Å². The first kappa shape index (κ1) is 19.4. The van der Waals surface area contributed by atoms with Crippen LogP contribution in [0.1, 0.15) is 29.5 Å². The third-order valence-electron chi connectivity index (χ3n) is 4.25. The van der Waals surface area contributed by atoms with Crippen molar-refractivity contribution in [3.8, 4) is 11.1 Å². The number of aryl methyl sites for hydroxylation is 1. The molecule has 0 aliphatic rings. The van der Waals surface area contributed by atoms with Crippen molar-refractivity contribution in [2.75, 3.05) is 18.4 Å². The summed E-state index contributed by atoms with van der Waals surface area (Å²) in [4.78, 5) is 26.7. The molecule has 0 aliphatic carbocycles. The normalized spacial score (nSPS) is 10.5. The van der Waals surface area contributed by atoms with Crippen molar-refractivity contribution in [1.29, 1.82) is 0 Å². The summed E-state index contributed by atoms with van der Waals surface area (Å²) in [7, 11) is 0. The van der Waals surface area contributed by atoms with E-state index >= 15 is 0 Å². The Morgan fingerprint density at radius 2 is 1.71 bits per heavy atom. The number of carbonyl (C=O) groups is 2. The Morgan fingerprint density at radius 3 is 2.32 bits per heavy atom. The highest BCUT2D eigenvalue weighted by molar-refractivity contribution is 5.99. The highest BCUT2D eigenvalue weighted by Gasteiger charge is 2.19. The van der Waals surface area contributed by atoms with Gasteiger partial charge in [0.05, 0.1) is 0 Å². The molecule has 0 aliphatic heterocycles. The zero-order valence-corrected chi connectivity index (χ0v) is 16.0. The second kappa shape index (κ2) is 8.99. The number of hydrogen-bond donors (Lipinski definition) is 1. The number of nitrogens with zero attached hydrogens (tertiary/aromatic N) is 2. The standard InChI is InChI=1S/C22H23N3O3/c1-3-13-25(15-21(26)23-20-14-16(2)28-24-20)22(27)19-11-9-18(10-12-19)17-7-5-4-6-8-17/h4-12,14H,3,13,15H2,1-2H3,(H,23,24,26). The van der Waals surface area contributed by atoms with E-state index in [-0.39, 0.29) is 18.4 Å². The molecule has 0 saturated heterocycles. The maximum atomic E-state index is 12.9. The van der Waals surface area contributed by atoms with Crippen LogP contribution < -0.4 is 5.32 Å². The summed E-state index contributed by atoms with van der Waals surface area (Å²) in [6.07, 6.45) is 0.754. The number of hydrogen-bond acceptors (Lipinski definition) is 4. The van der Waals surface area contributed by atoms with Gasteiger partial charge in [-0.3, -0.25) is 9.59 Å². The monoisotopic (exact) mass is 377 g/mol. The molecule has 6 heteroatoms. The van der Waals surface area contributed by atoms with E-state index in [1.807, 2.05) is 49.4 Å². The van der Waals surface area contributed by atoms with Gasteiger partial charge in [0.15, 0.2) is 5.82 Å². The zero-order chi connectivity index (χ0) is 19.9. The molecule has 28 heavy (non-hydrogen) atoms. The molecule has 0 unspecified atom stereocenters. The fraction of sp³-hybridized carbons (Fsp3) is 0.227. The number of rotatable bonds is 7. The van der Waals surface area contributed by atoms with Gasteiger partial charge in [-0.15, -0.1) is 0 Å². The van der Waals surface area contributed by atoms with E-state index in [2.05, 4.69) is 10.5 Å². The van der Waals surface area contributed by atoms with Gasteiger partial charge >= 0.3 is 0 Å². The van der Waals surface area contributed by atoms with E-state index in [1.165, 1.54) is 0 Å². The van der Waals surface area contributed by atoms with Crippen LogP contribution in [0.2, 0.25) is 0 Å². The first-order valence-electron chi connectivity index (χ1n) is 9.24. The number of aromatic nitrogens is 1. The summed E-state index contributed by atoms with van der Waals surface area (Å²) in [5.41, 5.74) is 2.69. The zero-order valence-electron chi connectivity index (χ0n) is 16.0. The molecule has 1 heterocycles. The maximum absolute atomic E-state index is 12.9. The minimum atomic E-state index is -0.309. The predicted octanol–water partition coefficient (Wildman–Crippen LogP) is 4.14. The van der Waals surface area contributed by atoms with Gasteiger partial charge in [0, 0.05) is 18.2 Å². The van der Waals surface area contributed by atoms with Crippen LogP contribution in [0, 0.1) is 6.92 Å². The van der Waals surface area contributed by atoms with Gasteiger partial charge in [-0.25, -0.2) is 0 Å². The molecule has 3 aromatic rings. The first-order chi connectivity index (χ1) is 13.6. The highest BCUT2D eigenvalue weighted by atomic mass is 16.5. The molecule has 0 radical (unpaired) electrons. The summed E-state index contributed by atoms with van der Waals surface area (Å²) >= 11 is 0. The fourth-order valence-corrected chi connectivity index (χ4v) is 2.92. The Morgan fingerprint density at radius 1 is 1.04 bits per heavy atom. The van der Waals surface area contributed by atoms with E-state index in [1.54, 1.807) is 30.0 Å². The molecule has 0 fully saturated rings. The minimum Gasteiger partial charge on any atom is -0.360 e. The van der Waals surface area contributed by atoms with E-state index in [0.29, 0.717) is 23.7 Å². The molecule has 0 saturated carbocycles. The molecule has 144 valence electrons. The van der Waals surface area contributed by atoms with Crippen LogP contribution in [0.5, 0.6) is 0 Å². The Bertz CT molecular complexity index is 933. The third-order valence-corrected chi connectivity index (χ3v) is 4.25. The van der Waals surface area contributed by atoms with Gasteiger partial charge in [-0.2, -0.15) is 0 Å². The van der Waals surface area contributed by atoms with E-state index < -0.39 is 0 Å². The molecule has 0 atom stereocenters. The van der Waals surface area contributed by atoms with E-state index in [9.17, 15) is 9.59 Å². The fourth-order valence-electron chi connectivity index (χ4n) is 2.92. The van der Waals surface area contributed by atoms with Crippen LogP contribution in [0.25, 0.3) is 11.1 Å². The lowest BCUT2D eigenvalue weighted by Crippen LogP contribution is -2.38. The Labute approximate surface area is 164 Å². The largest absolute Gasteiger partial charge is 0.360 e. The Balaban J connectivity index is 1.69. The molecular weight excluding hydrogens is 354 g/mol. The van der Waals surface area contributed by atoms with Gasteiger partial charge in [0.2, 0.25) is 5.91 Å². The summed E-state index contributed by atoms with van der Waals surface area (Å²) in [5, 5.41) is 6.39. The number of benzene rings is 2. The maximum Gasteiger partial charge on any atom is 0.254 e. The molecular formula is C22H23N3O3. The molecule has 0 spiro atoms. The number of anilines is 1. The molecule has 1 N–H and O–H groups in total. The van der Waals surface area contributed by atoms with Crippen molar-refractivity contribution in [3.05, 3.63) is 72.0 Å². The molecule has 2 aromatic carbocycles. The van der Waals surface area contributed by atoms with Gasteiger partial charge in [0.25, 0.3) is 5.91 Å². The number of carbonyl (C=O) groups excluding carboxylic acids is 2. The molecule has 6 nitrogen and oxygen atoms in total. The van der Waals surface area contributed by atoms with Gasteiger partial charge in [-0.05, 0) is 36.6 Å². The minimum absolute atomic E-state index is 0.0426. The van der Waals surface area contributed by atoms with Crippen molar-refractivity contribution in [1.82, 2.24) is 10.1 Å². The SMILES string of the molecule is CCCN(CC(=O)Nc1cc(C)on1)C(=O)c1ccc(-c2ccccc2)cc1. The van der Waals surface area contributed by atoms with Crippen LogP contribution >= 0.6 is 0 Å².